The maximum absolute atomic E-state index is 12.5. The van der Waals surface area contributed by atoms with Crippen LogP contribution in [-0.4, -0.2) is 5.91 Å². The van der Waals surface area contributed by atoms with Gasteiger partial charge in [0.05, 0.1) is 0 Å². The average Bonchev–Trinajstić information content (AvgIpc) is 2.54. The van der Waals surface area contributed by atoms with Crippen LogP contribution in [0.3, 0.4) is 0 Å². The van der Waals surface area contributed by atoms with Crippen molar-refractivity contribution in [3.63, 3.8) is 0 Å². The van der Waals surface area contributed by atoms with Gasteiger partial charge in [0.25, 0.3) is 5.91 Å². The monoisotopic (exact) mass is 295 g/mol. The van der Waals surface area contributed by atoms with Gasteiger partial charge in [-0.25, -0.2) is 0 Å². The standard InChI is InChI=1S/C20H25NO/c1-5-15(4)18-13-9-12-17(14(2)3)19(18)21-20(22)16-10-7-6-8-11-16/h6-15H,5H2,1-4H3,(H,21,22). The van der Waals surface area contributed by atoms with E-state index in [4.69, 9.17) is 0 Å². The van der Waals surface area contributed by atoms with Crippen LogP contribution in [0.15, 0.2) is 48.5 Å². The third-order valence-electron chi connectivity index (χ3n) is 4.17. The molecule has 0 saturated heterocycles. The molecule has 2 heteroatoms. The van der Waals surface area contributed by atoms with E-state index in [-0.39, 0.29) is 5.91 Å². The second-order valence-electron chi connectivity index (χ2n) is 6.10. The fourth-order valence-corrected chi connectivity index (χ4v) is 2.62. The van der Waals surface area contributed by atoms with Gasteiger partial charge in [-0.2, -0.15) is 0 Å². The summed E-state index contributed by atoms with van der Waals surface area (Å²) in [5.74, 6) is 0.748. The van der Waals surface area contributed by atoms with Crippen LogP contribution in [0.5, 0.6) is 0 Å². The molecule has 0 bridgehead atoms. The lowest BCUT2D eigenvalue weighted by Crippen LogP contribution is -2.16. The summed E-state index contributed by atoms with van der Waals surface area (Å²) >= 11 is 0. The number of carbonyl (C=O) groups excluding carboxylic acids is 1. The Kier molecular flexibility index (Phi) is 5.37. The number of hydrogen-bond acceptors (Lipinski definition) is 1. The molecule has 1 amide bonds. The largest absolute Gasteiger partial charge is 0.321 e. The molecule has 22 heavy (non-hydrogen) atoms. The minimum absolute atomic E-state index is 0.0433. The van der Waals surface area contributed by atoms with Crippen molar-refractivity contribution >= 4 is 11.6 Å². The molecule has 116 valence electrons. The second kappa shape index (κ2) is 7.26. The van der Waals surface area contributed by atoms with E-state index in [9.17, 15) is 4.79 Å². The maximum Gasteiger partial charge on any atom is 0.255 e. The van der Waals surface area contributed by atoms with E-state index in [0.717, 1.165) is 12.1 Å². The first kappa shape index (κ1) is 16.3. The summed E-state index contributed by atoms with van der Waals surface area (Å²) in [6.07, 6.45) is 1.05. The zero-order chi connectivity index (χ0) is 16.1. The predicted octanol–water partition coefficient (Wildman–Crippen LogP) is 5.58. The Morgan fingerprint density at radius 1 is 0.955 bits per heavy atom. The summed E-state index contributed by atoms with van der Waals surface area (Å²) in [4.78, 5) is 12.5. The first-order valence-electron chi connectivity index (χ1n) is 8.03. The van der Waals surface area contributed by atoms with Gasteiger partial charge in [-0.05, 0) is 41.5 Å². The fraction of sp³-hybridized carbons (Fsp3) is 0.350. The highest BCUT2D eigenvalue weighted by molar-refractivity contribution is 6.05. The van der Waals surface area contributed by atoms with E-state index in [1.54, 1.807) is 0 Å². The van der Waals surface area contributed by atoms with E-state index in [0.29, 0.717) is 17.4 Å². The van der Waals surface area contributed by atoms with E-state index >= 15 is 0 Å². The topological polar surface area (TPSA) is 29.1 Å². The maximum atomic E-state index is 12.5. The number of amides is 1. The zero-order valence-corrected chi connectivity index (χ0v) is 13.9. The lowest BCUT2D eigenvalue weighted by molar-refractivity contribution is 0.102. The van der Waals surface area contributed by atoms with Gasteiger partial charge in [0.1, 0.15) is 0 Å². The molecule has 2 rings (SSSR count). The van der Waals surface area contributed by atoms with Crippen molar-refractivity contribution in [2.75, 3.05) is 5.32 Å². The number of para-hydroxylation sites is 1. The molecule has 0 aliphatic heterocycles. The van der Waals surface area contributed by atoms with Crippen molar-refractivity contribution in [3.8, 4) is 0 Å². The molecule has 0 spiro atoms. The average molecular weight is 295 g/mol. The Morgan fingerprint density at radius 2 is 1.59 bits per heavy atom. The Labute approximate surface area is 133 Å². The first-order valence-corrected chi connectivity index (χ1v) is 8.03. The van der Waals surface area contributed by atoms with Crippen LogP contribution in [0.25, 0.3) is 0 Å². The van der Waals surface area contributed by atoms with Gasteiger partial charge in [0.15, 0.2) is 0 Å². The normalized spacial score (nSPS) is 12.2. The molecule has 2 aromatic rings. The number of carbonyl (C=O) groups is 1. The van der Waals surface area contributed by atoms with Crippen molar-refractivity contribution in [1.29, 1.82) is 0 Å². The smallest absolute Gasteiger partial charge is 0.255 e. The molecule has 1 N–H and O–H groups in total. The molecular formula is C20H25NO. The SMILES string of the molecule is CCC(C)c1cccc(C(C)C)c1NC(=O)c1ccccc1. The Balaban J connectivity index is 2.41. The van der Waals surface area contributed by atoms with Crippen molar-refractivity contribution in [1.82, 2.24) is 0 Å². The first-order chi connectivity index (χ1) is 10.5. The molecular weight excluding hydrogens is 270 g/mol. The molecule has 0 heterocycles. The van der Waals surface area contributed by atoms with Crippen LogP contribution in [0, 0.1) is 0 Å². The zero-order valence-electron chi connectivity index (χ0n) is 13.9. The highest BCUT2D eigenvalue weighted by Gasteiger charge is 2.17. The van der Waals surface area contributed by atoms with Crippen molar-refractivity contribution < 1.29 is 4.79 Å². The summed E-state index contributed by atoms with van der Waals surface area (Å²) in [7, 11) is 0. The van der Waals surface area contributed by atoms with Gasteiger partial charge >= 0.3 is 0 Å². The molecule has 1 atom stereocenters. The van der Waals surface area contributed by atoms with Gasteiger partial charge in [0, 0.05) is 11.3 Å². The lowest BCUT2D eigenvalue weighted by atomic mass is 9.90. The van der Waals surface area contributed by atoms with Crippen LogP contribution >= 0.6 is 0 Å². The van der Waals surface area contributed by atoms with Crippen molar-refractivity contribution in [3.05, 3.63) is 65.2 Å². The summed E-state index contributed by atoms with van der Waals surface area (Å²) in [5, 5.41) is 3.15. The minimum Gasteiger partial charge on any atom is -0.321 e. The molecule has 0 radical (unpaired) electrons. The van der Waals surface area contributed by atoms with Gasteiger partial charge in [0.2, 0.25) is 0 Å². The number of rotatable bonds is 5. The molecule has 2 aromatic carbocycles. The van der Waals surface area contributed by atoms with E-state index in [1.807, 2.05) is 30.3 Å². The number of benzene rings is 2. The summed E-state index contributed by atoms with van der Waals surface area (Å²) in [6, 6.07) is 15.7. The third kappa shape index (κ3) is 3.56. The second-order valence-corrected chi connectivity index (χ2v) is 6.10. The third-order valence-corrected chi connectivity index (χ3v) is 4.17. The van der Waals surface area contributed by atoms with Crippen LogP contribution < -0.4 is 5.32 Å². The lowest BCUT2D eigenvalue weighted by Gasteiger charge is -2.21. The Hall–Kier alpha value is -2.09. The molecule has 0 fully saturated rings. The quantitative estimate of drug-likeness (QED) is 0.767. The van der Waals surface area contributed by atoms with Crippen molar-refractivity contribution in [2.45, 2.75) is 46.0 Å². The fourth-order valence-electron chi connectivity index (χ4n) is 2.62. The summed E-state index contributed by atoms with van der Waals surface area (Å²) < 4.78 is 0. The van der Waals surface area contributed by atoms with Gasteiger partial charge in [-0.1, -0.05) is 64.1 Å². The highest BCUT2D eigenvalue weighted by Crippen LogP contribution is 2.34. The summed E-state index contributed by atoms with van der Waals surface area (Å²) in [6.45, 7) is 8.70. The van der Waals surface area contributed by atoms with Crippen LogP contribution in [-0.2, 0) is 0 Å². The molecule has 0 aromatic heterocycles. The van der Waals surface area contributed by atoms with Gasteiger partial charge in [-0.15, -0.1) is 0 Å². The van der Waals surface area contributed by atoms with E-state index < -0.39 is 0 Å². The molecule has 0 saturated carbocycles. The van der Waals surface area contributed by atoms with E-state index in [1.165, 1.54) is 11.1 Å². The highest BCUT2D eigenvalue weighted by atomic mass is 16.1. The predicted molar refractivity (Wildman–Crippen MR) is 93.6 cm³/mol. The molecule has 2 nitrogen and oxygen atoms in total. The van der Waals surface area contributed by atoms with Gasteiger partial charge < -0.3 is 5.32 Å². The van der Waals surface area contributed by atoms with Gasteiger partial charge in [-0.3, -0.25) is 4.79 Å². The molecule has 0 aliphatic carbocycles. The minimum atomic E-state index is -0.0433. The summed E-state index contributed by atoms with van der Waals surface area (Å²) in [5.41, 5.74) is 4.09. The number of nitrogens with one attached hydrogen (secondary N) is 1. The Bertz CT molecular complexity index is 631. The van der Waals surface area contributed by atoms with Crippen LogP contribution in [0.2, 0.25) is 0 Å². The number of hydrogen-bond donors (Lipinski definition) is 1. The van der Waals surface area contributed by atoms with Crippen LogP contribution in [0.1, 0.15) is 67.4 Å². The molecule has 0 aliphatic rings. The Morgan fingerprint density at radius 3 is 2.18 bits per heavy atom. The van der Waals surface area contributed by atoms with Crippen LogP contribution in [0.4, 0.5) is 5.69 Å². The van der Waals surface area contributed by atoms with Crippen molar-refractivity contribution in [2.24, 2.45) is 0 Å². The van der Waals surface area contributed by atoms with E-state index in [2.05, 4.69) is 51.2 Å². The number of anilines is 1. The molecule has 1 unspecified atom stereocenters.